The monoisotopic (exact) mass is 276 g/mol. The highest BCUT2D eigenvalue weighted by atomic mass is 16.5. The second-order valence-corrected chi connectivity index (χ2v) is 5.49. The smallest absolute Gasteiger partial charge is 0.238 e. The first-order valence-corrected chi connectivity index (χ1v) is 7.42. The van der Waals surface area contributed by atoms with E-state index in [4.69, 9.17) is 4.74 Å². The summed E-state index contributed by atoms with van der Waals surface area (Å²) in [5, 5.41) is 2.94. The highest BCUT2D eigenvalue weighted by Crippen LogP contribution is 2.17. The molecule has 2 rings (SSSR count). The normalized spacial score (nSPS) is 19.6. The van der Waals surface area contributed by atoms with Gasteiger partial charge in [-0.2, -0.15) is 0 Å². The molecular weight excluding hydrogens is 252 g/mol. The van der Waals surface area contributed by atoms with Crippen LogP contribution >= 0.6 is 0 Å². The van der Waals surface area contributed by atoms with Crippen LogP contribution in [0.1, 0.15) is 26.7 Å². The van der Waals surface area contributed by atoms with Crippen molar-refractivity contribution in [1.29, 1.82) is 0 Å². The summed E-state index contributed by atoms with van der Waals surface area (Å²) < 4.78 is 5.38. The molecule has 1 aromatic carbocycles. The molecule has 0 spiro atoms. The minimum Gasteiger partial charge on any atom is -0.494 e. The minimum atomic E-state index is 0.0586. The lowest BCUT2D eigenvalue weighted by Gasteiger charge is -2.30. The van der Waals surface area contributed by atoms with Gasteiger partial charge in [0.25, 0.3) is 0 Å². The molecule has 1 N–H and O–H groups in total. The van der Waals surface area contributed by atoms with E-state index >= 15 is 0 Å². The Kier molecular flexibility index (Phi) is 5.41. The Hall–Kier alpha value is -1.55. The molecule has 1 amide bonds. The van der Waals surface area contributed by atoms with Crippen molar-refractivity contribution in [2.24, 2.45) is 5.92 Å². The fraction of sp³-hybridized carbons (Fsp3) is 0.562. The van der Waals surface area contributed by atoms with Crippen LogP contribution in [0.15, 0.2) is 24.3 Å². The maximum atomic E-state index is 12.0. The standard InChI is InChI=1S/C16H24N2O2/c1-3-20-15-8-6-14(7-9-15)17-16(19)12-18-10-4-5-13(2)11-18/h6-9,13H,3-5,10-12H2,1-2H3,(H,17,19). The lowest BCUT2D eigenvalue weighted by atomic mass is 10.0. The Bertz CT molecular complexity index is 431. The number of hydrogen-bond acceptors (Lipinski definition) is 3. The molecular formula is C16H24N2O2. The largest absolute Gasteiger partial charge is 0.494 e. The molecule has 0 bridgehead atoms. The first-order valence-electron chi connectivity index (χ1n) is 7.42. The maximum Gasteiger partial charge on any atom is 0.238 e. The summed E-state index contributed by atoms with van der Waals surface area (Å²) in [7, 11) is 0. The number of benzene rings is 1. The van der Waals surface area contributed by atoms with Gasteiger partial charge in [-0.1, -0.05) is 6.92 Å². The van der Waals surface area contributed by atoms with E-state index in [-0.39, 0.29) is 5.91 Å². The lowest BCUT2D eigenvalue weighted by molar-refractivity contribution is -0.117. The Morgan fingerprint density at radius 2 is 2.15 bits per heavy atom. The van der Waals surface area contributed by atoms with Gasteiger partial charge in [0.15, 0.2) is 0 Å². The number of piperidine rings is 1. The molecule has 0 aliphatic carbocycles. The maximum absolute atomic E-state index is 12.0. The van der Waals surface area contributed by atoms with Gasteiger partial charge < -0.3 is 10.1 Å². The van der Waals surface area contributed by atoms with Crippen molar-refractivity contribution < 1.29 is 9.53 Å². The SMILES string of the molecule is CCOc1ccc(NC(=O)CN2CCCC(C)C2)cc1. The molecule has 4 nitrogen and oxygen atoms in total. The second-order valence-electron chi connectivity index (χ2n) is 5.49. The van der Waals surface area contributed by atoms with Gasteiger partial charge in [-0.15, -0.1) is 0 Å². The van der Waals surface area contributed by atoms with Crippen LogP contribution in [0.25, 0.3) is 0 Å². The zero-order chi connectivity index (χ0) is 14.4. The Balaban J connectivity index is 1.81. The summed E-state index contributed by atoms with van der Waals surface area (Å²) in [4.78, 5) is 14.2. The highest BCUT2D eigenvalue weighted by Gasteiger charge is 2.18. The third-order valence-electron chi connectivity index (χ3n) is 3.56. The number of amides is 1. The first-order chi connectivity index (χ1) is 9.67. The average Bonchev–Trinajstić information content (AvgIpc) is 2.41. The molecule has 1 unspecified atom stereocenters. The summed E-state index contributed by atoms with van der Waals surface area (Å²) in [6, 6.07) is 7.51. The van der Waals surface area contributed by atoms with Gasteiger partial charge in [-0.05, 0) is 56.5 Å². The van der Waals surface area contributed by atoms with Crippen molar-refractivity contribution in [1.82, 2.24) is 4.90 Å². The molecule has 1 fully saturated rings. The topological polar surface area (TPSA) is 41.6 Å². The molecule has 0 saturated carbocycles. The van der Waals surface area contributed by atoms with Crippen LogP contribution in [0, 0.1) is 5.92 Å². The van der Waals surface area contributed by atoms with Gasteiger partial charge in [0.2, 0.25) is 5.91 Å². The number of carbonyl (C=O) groups is 1. The van der Waals surface area contributed by atoms with Crippen LogP contribution in [0.5, 0.6) is 5.75 Å². The van der Waals surface area contributed by atoms with Crippen LogP contribution in [0.3, 0.4) is 0 Å². The predicted octanol–water partition coefficient (Wildman–Crippen LogP) is 2.76. The van der Waals surface area contributed by atoms with Crippen LogP contribution in [-0.4, -0.2) is 37.0 Å². The third kappa shape index (κ3) is 4.53. The van der Waals surface area contributed by atoms with E-state index in [9.17, 15) is 4.79 Å². The fourth-order valence-electron chi connectivity index (χ4n) is 2.64. The molecule has 1 aliphatic rings. The number of hydrogen-bond donors (Lipinski definition) is 1. The molecule has 1 saturated heterocycles. The summed E-state index contributed by atoms with van der Waals surface area (Å²) >= 11 is 0. The molecule has 1 heterocycles. The van der Waals surface area contributed by atoms with Crippen LogP contribution in [0.4, 0.5) is 5.69 Å². The van der Waals surface area contributed by atoms with Crippen LogP contribution < -0.4 is 10.1 Å². The summed E-state index contributed by atoms with van der Waals surface area (Å²) in [5.41, 5.74) is 0.823. The summed E-state index contributed by atoms with van der Waals surface area (Å²) in [5.74, 6) is 1.58. The molecule has 4 heteroatoms. The number of nitrogens with one attached hydrogen (secondary N) is 1. The lowest BCUT2D eigenvalue weighted by Crippen LogP contribution is -2.39. The molecule has 1 atom stereocenters. The van der Waals surface area contributed by atoms with Crippen molar-refractivity contribution in [2.45, 2.75) is 26.7 Å². The van der Waals surface area contributed by atoms with Crippen molar-refractivity contribution in [3.63, 3.8) is 0 Å². The minimum absolute atomic E-state index is 0.0586. The second kappa shape index (κ2) is 7.29. The van der Waals surface area contributed by atoms with Crippen molar-refractivity contribution in [2.75, 3.05) is 31.6 Å². The first kappa shape index (κ1) is 14.9. The van der Waals surface area contributed by atoms with Crippen LogP contribution in [0.2, 0.25) is 0 Å². The molecule has 1 aromatic rings. The van der Waals surface area contributed by atoms with Gasteiger partial charge >= 0.3 is 0 Å². The number of ether oxygens (including phenoxy) is 1. The van der Waals surface area contributed by atoms with Gasteiger partial charge in [-0.3, -0.25) is 9.69 Å². The van der Waals surface area contributed by atoms with E-state index in [1.54, 1.807) is 0 Å². The highest BCUT2D eigenvalue weighted by molar-refractivity contribution is 5.92. The zero-order valence-electron chi connectivity index (χ0n) is 12.4. The van der Waals surface area contributed by atoms with Gasteiger partial charge in [-0.25, -0.2) is 0 Å². The van der Waals surface area contributed by atoms with Crippen LogP contribution in [-0.2, 0) is 4.79 Å². The van der Waals surface area contributed by atoms with E-state index in [2.05, 4.69) is 17.1 Å². The zero-order valence-corrected chi connectivity index (χ0v) is 12.4. The number of rotatable bonds is 5. The summed E-state index contributed by atoms with van der Waals surface area (Å²) in [6.07, 6.45) is 2.47. The summed E-state index contributed by atoms with van der Waals surface area (Å²) in [6.45, 7) is 7.39. The number of likely N-dealkylation sites (tertiary alicyclic amines) is 1. The van der Waals surface area contributed by atoms with E-state index in [0.717, 1.165) is 24.5 Å². The Morgan fingerprint density at radius 1 is 1.40 bits per heavy atom. The Morgan fingerprint density at radius 3 is 2.80 bits per heavy atom. The molecule has 1 aliphatic heterocycles. The fourth-order valence-corrected chi connectivity index (χ4v) is 2.64. The average molecular weight is 276 g/mol. The van der Waals surface area contributed by atoms with Crippen molar-refractivity contribution in [3.8, 4) is 5.75 Å². The molecule has 20 heavy (non-hydrogen) atoms. The van der Waals surface area contributed by atoms with E-state index in [1.807, 2.05) is 31.2 Å². The quantitative estimate of drug-likeness (QED) is 0.899. The Labute approximate surface area is 121 Å². The van der Waals surface area contributed by atoms with E-state index in [1.165, 1.54) is 12.8 Å². The van der Waals surface area contributed by atoms with Gasteiger partial charge in [0, 0.05) is 12.2 Å². The third-order valence-corrected chi connectivity index (χ3v) is 3.56. The van der Waals surface area contributed by atoms with Crippen molar-refractivity contribution in [3.05, 3.63) is 24.3 Å². The predicted molar refractivity (Wildman–Crippen MR) is 81.1 cm³/mol. The molecule has 110 valence electrons. The van der Waals surface area contributed by atoms with Gasteiger partial charge in [0.1, 0.15) is 5.75 Å². The number of anilines is 1. The number of nitrogens with zero attached hydrogens (tertiary/aromatic N) is 1. The van der Waals surface area contributed by atoms with Gasteiger partial charge in [0.05, 0.1) is 13.2 Å². The van der Waals surface area contributed by atoms with E-state index < -0.39 is 0 Å². The van der Waals surface area contributed by atoms with E-state index in [0.29, 0.717) is 19.1 Å². The molecule has 0 radical (unpaired) electrons. The van der Waals surface area contributed by atoms with Crippen molar-refractivity contribution >= 4 is 11.6 Å². The molecule has 0 aromatic heterocycles. The number of carbonyl (C=O) groups excluding carboxylic acids is 1.